The molecule has 0 radical (unpaired) electrons. The lowest BCUT2D eigenvalue weighted by atomic mass is 10.1. The lowest BCUT2D eigenvalue weighted by Gasteiger charge is -2.15. The van der Waals surface area contributed by atoms with Crippen LogP contribution in [0.25, 0.3) is 0 Å². The maximum absolute atomic E-state index is 5.98. The molecule has 0 atom stereocenters. The second-order valence-electron chi connectivity index (χ2n) is 6.34. The van der Waals surface area contributed by atoms with Crippen molar-refractivity contribution < 1.29 is 9.47 Å². The third kappa shape index (κ3) is 3.68. The van der Waals surface area contributed by atoms with Gasteiger partial charge in [-0.15, -0.1) is 10.2 Å². The number of thioether (sulfide) groups is 1. The minimum Gasteiger partial charge on any atom is -0.497 e. The molecular formula is C20H20N4O2S. The maximum Gasteiger partial charge on any atom is 0.212 e. The van der Waals surface area contributed by atoms with Crippen LogP contribution in [0.15, 0.2) is 52.7 Å². The minimum absolute atomic E-state index is 0.312. The van der Waals surface area contributed by atoms with Crippen LogP contribution in [0.2, 0.25) is 0 Å². The van der Waals surface area contributed by atoms with Gasteiger partial charge in [0.2, 0.25) is 5.16 Å². The van der Waals surface area contributed by atoms with E-state index in [0.717, 1.165) is 44.8 Å². The standard InChI is InChI=1S/C20H20N4O2S/c1-13-7-8-14(2)18(9-13)26-11-19-21-22-20-24(19)23-17(12-27-20)15-5-4-6-16(10-15)25-3/h4-10H,11-12H2,1-3H3. The van der Waals surface area contributed by atoms with E-state index in [1.807, 2.05) is 44.2 Å². The molecule has 1 aliphatic heterocycles. The topological polar surface area (TPSA) is 61.5 Å². The second kappa shape index (κ2) is 7.44. The Kier molecular flexibility index (Phi) is 4.85. The van der Waals surface area contributed by atoms with Crippen LogP contribution in [-0.2, 0) is 6.61 Å². The Bertz CT molecular complexity index is 1010. The van der Waals surface area contributed by atoms with Gasteiger partial charge in [-0.25, -0.2) is 0 Å². The molecule has 0 N–H and O–H groups in total. The van der Waals surface area contributed by atoms with Gasteiger partial charge in [0.25, 0.3) is 0 Å². The third-order valence-electron chi connectivity index (χ3n) is 4.34. The van der Waals surface area contributed by atoms with Crippen LogP contribution in [0.5, 0.6) is 11.5 Å². The Morgan fingerprint density at radius 1 is 1.11 bits per heavy atom. The van der Waals surface area contributed by atoms with Gasteiger partial charge in [0.15, 0.2) is 5.82 Å². The lowest BCUT2D eigenvalue weighted by molar-refractivity contribution is 0.287. The molecule has 4 rings (SSSR count). The monoisotopic (exact) mass is 380 g/mol. The first kappa shape index (κ1) is 17.6. The van der Waals surface area contributed by atoms with E-state index in [9.17, 15) is 0 Å². The Labute approximate surface area is 162 Å². The summed E-state index contributed by atoms with van der Waals surface area (Å²) >= 11 is 1.62. The van der Waals surface area contributed by atoms with E-state index < -0.39 is 0 Å². The molecule has 2 aromatic carbocycles. The van der Waals surface area contributed by atoms with Gasteiger partial charge in [0.05, 0.1) is 12.8 Å². The van der Waals surface area contributed by atoms with Crippen molar-refractivity contribution in [2.24, 2.45) is 5.10 Å². The largest absolute Gasteiger partial charge is 0.497 e. The molecule has 3 aromatic rings. The molecular weight excluding hydrogens is 360 g/mol. The number of hydrogen-bond acceptors (Lipinski definition) is 6. The Morgan fingerprint density at radius 3 is 2.85 bits per heavy atom. The first-order valence-electron chi connectivity index (χ1n) is 8.63. The fourth-order valence-corrected chi connectivity index (χ4v) is 3.66. The van der Waals surface area contributed by atoms with Gasteiger partial charge in [-0.2, -0.15) is 9.78 Å². The Balaban J connectivity index is 1.59. The lowest BCUT2D eigenvalue weighted by Crippen LogP contribution is -2.15. The second-order valence-corrected chi connectivity index (χ2v) is 7.28. The van der Waals surface area contributed by atoms with E-state index in [4.69, 9.17) is 14.6 Å². The molecule has 1 aromatic heterocycles. The van der Waals surface area contributed by atoms with Crippen molar-refractivity contribution in [2.75, 3.05) is 12.9 Å². The summed E-state index contributed by atoms with van der Waals surface area (Å²) in [7, 11) is 1.66. The summed E-state index contributed by atoms with van der Waals surface area (Å²) in [6, 6.07) is 14.1. The van der Waals surface area contributed by atoms with Gasteiger partial charge in [-0.05, 0) is 43.2 Å². The van der Waals surface area contributed by atoms with E-state index in [2.05, 4.69) is 22.3 Å². The van der Waals surface area contributed by atoms with Gasteiger partial charge in [-0.1, -0.05) is 36.0 Å². The van der Waals surface area contributed by atoms with Gasteiger partial charge >= 0.3 is 0 Å². The van der Waals surface area contributed by atoms with Gasteiger partial charge < -0.3 is 9.47 Å². The summed E-state index contributed by atoms with van der Waals surface area (Å²) < 4.78 is 13.1. The van der Waals surface area contributed by atoms with Gasteiger partial charge in [0, 0.05) is 11.3 Å². The van der Waals surface area contributed by atoms with Gasteiger partial charge in [0.1, 0.15) is 18.1 Å². The fraction of sp³-hybridized carbons (Fsp3) is 0.250. The molecule has 138 valence electrons. The van der Waals surface area contributed by atoms with E-state index >= 15 is 0 Å². The Hall–Kier alpha value is -2.80. The van der Waals surface area contributed by atoms with Crippen molar-refractivity contribution in [2.45, 2.75) is 25.6 Å². The van der Waals surface area contributed by atoms with Crippen molar-refractivity contribution in [1.82, 2.24) is 14.9 Å². The highest BCUT2D eigenvalue weighted by Gasteiger charge is 2.20. The molecule has 0 aliphatic carbocycles. The van der Waals surface area contributed by atoms with Crippen molar-refractivity contribution in [3.63, 3.8) is 0 Å². The van der Waals surface area contributed by atoms with Crippen LogP contribution in [0, 0.1) is 13.8 Å². The molecule has 0 fully saturated rings. The fourth-order valence-electron chi connectivity index (χ4n) is 2.81. The number of aryl methyl sites for hydroxylation is 2. The SMILES string of the molecule is COc1cccc(C2=Nn3c(COc4cc(C)ccc4C)nnc3SC2)c1. The summed E-state index contributed by atoms with van der Waals surface area (Å²) in [5, 5.41) is 14.0. The first-order valence-corrected chi connectivity index (χ1v) is 9.62. The number of fused-ring (bicyclic) bond motifs is 1. The molecule has 0 saturated heterocycles. The normalized spacial score (nSPS) is 13.1. The Morgan fingerprint density at radius 2 is 2.00 bits per heavy atom. The van der Waals surface area contributed by atoms with Crippen LogP contribution < -0.4 is 9.47 Å². The van der Waals surface area contributed by atoms with Crippen LogP contribution in [-0.4, -0.2) is 33.4 Å². The molecule has 0 unspecified atom stereocenters. The van der Waals surface area contributed by atoms with Crippen LogP contribution in [0.1, 0.15) is 22.5 Å². The van der Waals surface area contributed by atoms with Crippen LogP contribution >= 0.6 is 11.8 Å². The molecule has 0 saturated carbocycles. The number of nitrogens with zero attached hydrogens (tertiary/aromatic N) is 4. The smallest absolute Gasteiger partial charge is 0.212 e. The van der Waals surface area contributed by atoms with E-state index in [0.29, 0.717) is 12.4 Å². The number of benzene rings is 2. The number of methoxy groups -OCH3 is 1. The number of aromatic nitrogens is 3. The van der Waals surface area contributed by atoms with Crippen molar-refractivity contribution in [3.05, 3.63) is 65.0 Å². The summed E-state index contributed by atoms with van der Waals surface area (Å²) in [5.41, 5.74) is 4.24. The molecule has 0 amide bonds. The van der Waals surface area contributed by atoms with E-state index in [1.54, 1.807) is 23.5 Å². The minimum atomic E-state index is 0.312. The first-order chi connectivity index (χ1) is 13.1. The zero-order valence-corrected chi connectivity index (χ0v) is 16.3. The molecule has 27 heavy (non-hydrogen) atoms. The van der Waals surface area contributed by atoms with Gasteiger partial charge in [-0.3, -0.25) is 0 Å². The summed E-state index contributed by atoms with van der Waals surface area (Å²) in [5.74, 6) is 3.09. The summed E-state index contributed by atoms with van der Waals surface area (Å²) in [6.07, 6.45) is 0. The zero-order valence-electron chi connectivity index (χ0n) is 15.5. The molecule has 7 heteroatoms. The zero-order chi connectivity index (χ0) is 18.8. The highest BCUT2D eigenvalue weighted by Crippen LogP contribution is 2.26. The number of ether oxygens (including phenoxy) is 2. The van der Waals surface area contributed by atoms with Crippen LogP contribution in [0.3, 0.4) is 0 Å². The summed E-state index contributed by atoms with van der Waals surface area (Å²) in [4.78, 5) is 0. The van der Waals surface area contributed by atoms with Crippen molar-refractivity contribution in [1.29, 1.82) is 0 Å². The molecule has 2 heterocycles. The molecule has 1 aliphatic rings. The van der Waals surface area contributed by atoms with Crippen LogP contribution in [0.4, 0.5) is 0 Å². The third-order valence-corrected chi connectivity index (χ3v) is 5.27. The molecule has 0 spiro atoms. The van der Waals surface area contributed by atoms with E-state index in [-0.39, 0.29) is 0 Å². The van der Waals surface area contributed by atoms with Crippen molar-refractivity contribution >= 4 is 17.5 Å². The molecule has 0 bridgehead atoms. The highest BCUT2D eigenvalue weighted by atomic mass is 32.2. The predicted molar refractivity (Wildman–Crippen MR) is 106 cm³/mol. The average molecular weight is 380 g/mol. The maximum atomic E-state index is 5.98. The quantitative estimate of drug-likeness (QED) is 0.673. The van der Waals surface area contributed by atoms with Crippen molar-refractivity contribution in [3.8, 4) is 11.5 Å². The van der Waals surface area contributed by atoms with E-state index in [1.165, 1.54) is 0 Å². The predicted octanol–water partition coefficient (Wildman–Crippen LogP) is 3.84. The average Bonchev–Trinajstić information content (AvgIpc) is 3.11. The highest BCUT2D eigenvalue weighted by molar-refractivity contribution is 7.99. The summed E-state index contributed by atoms with van der Waals surface area (Å²) in [6.45, 7) is 4.39. The molecule has 6 nitrogen and oxygen atoms in total. The number of rotatable bonds is 5. The number of hydrogen-bond donors (Lipinski definition) is 0.